The first-order valence-electron chi connectivity index (χ1n) is 11.8. The van der Waals surface area contributed by atoms with Crippen LogP contribution < -0.4 is 10.1 Å². The number of hydrogen-bond donors (Lipinski definition) is 2. The van der Waals surface area contributed by atoms with Crippen LogP contribution in [-0.4, -0.2) is 66.3 Å². The molecule has 2 aliphatic rings. The molecule has 2 N–H and O–H groups in total. The van der Waals surface area contributed by atoms with Gasteiger partial charge < -0.3 is 19.1 Å². The van der Waals surface area contributed by atoms with E-state index in [9.17, 15) is 14.7 Å². The molecule has 1 saturated heterocycles. The van der Waals surface area contributed by atoms with Gasteiger partial charge >= 0.3 is 0 Å². The van der Waals surface area contributed by atoms with Crippen molar-refractivity contribution in [2.45, 2.75) is 6.54 Å². The fraction of sp³-hybridized carbons (Fsp3) is 0.259. The number of morpholine rings is 1. The minimum absolute atomic E-state index is 0.0880. The first kappa shape index (κ1) is 22.8. The zero-order valence-electron chi connectivity index (χ0n) is 19.6. The highest BCUT2D eigenvalue weighted by Gasteiger charge is 2.35. The molecule has 6 rings (SSSR count). The lowest BCUT2D eigenvalue weighted by Gasteiger charge is -2.27. The van der Waals surface area contributed by atoms with Gasteiger partial charge in [0.1, 0.15) is 11.5 Å². The van der Waals surface area contributed by atoms with Gasteiger partial charge in [-0.3, -0.25) is 19.8 Å². The molecule has 3 heterocycles. The van der Waals surface area contributed by atoms with Crippen LogP contribution in [0.5, 0.6) is 11.5 Å². The summed E-state index contributed by atoms with van der Waals surface area (Å²) in [6, 6.07) is 12.3. The molecule has 0 spiro atoms. The van der Waals surface area contributed by atoms with Gasteiger partial charge in [-0.15, -0.1) is 0 Å². The van der Waals surface area contributed by atoms with Crippen molar-refractivity contribution in [2.24, 2.45) is 0 Å². The molecule has 0 atom stereocenters. The summed E-state index contributed by atoms with van der Waals surface area (Å²) in [6.07, 6.45) is 0. The van der Waals surface area contributed by atoms with Gasteiger partial charge in [0.25, 0.3) is 11.8 Å². The van der Waals surface area contributed by atoms with Gasteiger partial charge in [0.05, 0.1) is 42.0 Å². The number of ether oxygens (including phenoxy) is 2. The van der Waals surface area contributed by atoms with Crippen molar-refractivity contribution in [1.29, 1.82) is 0 Å². The SMILES string of the molecule is COc1cccc(Cl)c1-c1cc2c(c3c1C(=O)NC3=O)c1cc(O)ccc1n2CCN1CCOCC1. The molecule has 3 aromatic carbocycles. The number of halogens is 1. The Hall–Kier alpha value is -3.59. The molecular weight excluding hydrogens is 482 g/mol. The van der Waals surface area contributed by atoms with E-state index in [1.165, 1.54) is 0 Å². The van der Waals surface area contributed by atoms with Gasteiger partial charge in [-0.05, 0) is 36.4 Å². The summed E-state index contributed by atoms with van der Waals surface area (Å²) in [5, 5.41) is 14.5. The molecule has 1 fully saturated rings. The third kappa shape index (κ3) is 3.52. The Labute approximate surface area is 212 Å². The minimum atomic E-state index is -0.483. The molecule has 184 valence electrons. The number of phenolic OH excluding ortho intramolecular Hbond substituents is 1. The Morgan fingerprint density at radius 2 is 1.78 bits per heavy atom. The predicted molar refractivity (Wildman–Crippen MR) is 137 cm³/mol. The molecule has 36 heavy (non-hydrogen) atoms. The van der Waals surface area contributed by atoms with Crippen LogP contribution in [0.15, 0.2) is 42.5 Å². The number of phenols is 1. The number of hydrogen-bond acceptors (Lipinski definition) is 6. The monoisotopic (exact) mass is 505 g/mol. The van der Waals surface area contributed by atoms with Crippen LogP contribution in [0.3, 0.4) is 0 Å². The molecule has 9 heteroatoms. The number of amides is 2. The van der Waals surface area contributed by atoms with Crippen molar-refractivity contribution in [3.63, 3.8) is 0 Å². The summed E-state index contributed by atoms with van der Waals surface area (Å²) in [5.41, 5.74) is 3.28. The van der Waals surface area contributed by atoms with Gasteiger partial charge in [0, 0.05) is 53.6 Å². The standard InChI is InChI=1S/C27H24ClN3O5/c1-35-21-4-2-3-18(28)22(21)17-14-20-23(25-24(17)26(33)29-27(25)34)16-13-15(32)5-6-19(16)31(20)8-7-30-9-11-36-12-10-30/h2-6,13-14,32H,7-12H2,1H3,(H,29,33,34). The lowest BCUT2D eigenvalue weighted by atomic mass is 9.92. The second-order valence-corrected chi connectivity index (χ2v) is 9.38. The van der Waals surface area contributed by atoms with Crippen molar-refractivity contribution >= 4 is 45.2 Å². The lowest BCUT2D eigenvalue weighted by Crippen LogP contribution is -2.38. The van der Waals surface area contributed by atoms with E-state index in [0.29, 0.717) is 52.4 Å². The van der Waals surface area contributed by atoms with Gasteiger partial charge in [-0.2, -0.15) is 0 Å². The van der Waals surface area contributed by atoms with Crippen LogP contribution in [-0.2, 0) is 11.3 Å². The van der Waals surface area contributed by atoms with Gasteiger partial charge in [-0.1, -0.05) is 17.7 Å². The molecule has 0 radical (unpaired) electrons. The van der Waals surface area contributed by atoms with Crippen molar-refractivity contribution in [3.05, 3.63) is 58.6 Å². The Morgan fingerprint density at radius 3 is 2.56 bits per heavy atom. The number of rotatable bonds is 5. The molecular formula is C27H24ClN3O5. The third-order valence-electron chi connectivity index (χ3n) is 7.03. The number of benzene rings is 3. The number of nitrogens with zero attached hydrogens (tertiary/aromatic N) is 2. The average molecular weight is 506 g/mol. The second kappa shape index (κ2) is 8.81. The highest BCUT2D eigenvalue weighted by Crippen LogP contribution is 2.45. The highest BCUT2D eigenvalue weighted by molar-refractivity contribution is 6.36. The van der Waals surface area contributed by atoms with Crippen LogP contribution in [0, 0.1) is 0 Å². The van der Waals surface area contributed by atoms with Gasteiger partial charge in [0.2, 0.25) is 0 Å². The van der Waals surface area contributed by atoms with E-state index in [-0.39, 0.29) is 16.9 Å². The maximum Gasteiger partial charge on any atom is 0.259 e. The normalized spacial score (nSPS) is 16.1. The quantitative estimate of drug-likeness (QED) is 0.398. The predicted octanol–water partition coefficient (Wildman–Crippen LogP) is 4.04. The van der Waals surface area contributed by atoms with E-state index in [2.05, 4.69) is 14.8 Å². The molecule has 1 aromatic heterocycles. The topological polar surface area (TPSA) is 93.0 Å². The summed E-state index contributed by atoms with van der Waals surface area (Å²) in [7, 11) is 1.54. The van der Waals surface area contributed by atoms with Crippen LogP contribution >= 0.6 is 11.6 Å². The average Bonchev–Trinajstić information content (AvgIpc) is 3.35. The summed E-state index contributed by atoms with van der Waals surface area (Å²) in [6.45, 7) is 4.55. The van der Waals surface area contributed by atoms with E-state index in [1.54, 1.807) is 37.4 Å². The molecule has 2 amide bonds. The van der Waals surface area contributed by atoms with Crippen LogP contribution in [0.25, 0.3) is 32.9 Å². The minimum Gasteiger partial charge on any atom is -0.508 e. The number of aromatic nitrogens is 1. The first-order chi connectivity index (χ1) is 17.5. The Balaban J connectivity index is 1.67. The second-order valence-electron chi connectivity index (χ2n) is 8.98. The van der Waals surface area contributed by atoms with Crippen molar-refractivity contribution in [1.82, 2.24) is 14.8 Å². The fourth-order valence-corrected chi connectivity index (χ4v) is 5.64. The molecule has 0 unspecified atom stereocenters. The van der Waals surface area contributed by atoms with E-state index < -0.39 is 11.8 Å². The smallest absolute Gasteiger partial charge is 0.259 e. The number of carbonyl (C=O) groups is 2. The van der Waals surface area contributed by atoms with Crippen molar-refractivity contribution < 1.29 is 24.2 Å². The number of methoxy groups -OCH3 is 1. The maximum atomic E-state index is 13.2. The van der Waals surface area contributed by atoms with Crippen LogP contribution in [0.4, 0.5) is 0 Å². The summed E-state index contributed by atoms with van der Waals surface area (Å²) in [5.74, 6) is -0.360. The summed E-state index contributed by atoms with van der Waals surface area (Å²) >= 11 is 6.63. The zero-order valence-corrected chi connectivity index (χ0v) is 20.4. The maximum absolute atomic E-state index is 13.2. The fourth-order valence-electron chi connectivity index (χ4n) is 5.37. The van der Waals surface area contributed by atoms with E-state index in [4.69, 9.17) is 21.1 Å². The first-order valence-corrected chi connectivity index (χ1v) is 12.2. The Kier molecular flexibility index (Phi) is 5.59. The Bertz CT molecular complexity index is 1550. The van der Waals surface area contributed by atoms with E-state index in [0.717, 1.165) is 30.7 Å². The van der Waals surface area contributed by atoms with E-state index >= 15 is 0 Å². The Morgan fingerprint density at radius 1 is 1.00 bits per heavy atom. The third-order valence-corrected chi connectivity index (χ3v) is 7.34. The van der Waals surface area contributed by atoms with Crippen LogP contribution in [0.2, 0.25) is 5.02 Å². The molecule has 8 nitrogen and oxygen atoms in total. The molecule has 4 aromatic rings. The zero-order chi connectivity index (χ0) is 25.0. The summed E-state index contributed by atoms with van der Waals surface area (Å²) < 4.78 is 13.2. The molecule has 0 saturated carbocycles. The van der Waals surface area contributed by atoms with Gasteiger partial charge in [-0.25, -0.2) is 0 Å². The number of carbonyl (C=O) groups excluding carboxylic acids is 2. The van der Waals surface area contributed by atoms with Crippen LogP contribution in [0.1, 0.15) is 20.7 Å². The largest absolute Gasteiger partial charge is 0.508 e. The molecule has 2 aliphatic heterocycles. The van der Waals surface area contributed by atoms with Crippen molar-refractivity contribution in [2.75, 3.05) is 40.0 Å². The van der Waals surface area contributed by atoms with Gasteiger partial charge in [0.15, 0.2) is 0 Å². The number of aromatic hydroxyl groups is 1. The molecule has 0 aliphatic carbocycles. The van der Waals surface area contributed by atoms with E-state index in [1.807, 2.05) is 12.1 Å². The van der Waals surface area contributed by atoms with Crippen molar-refractivity contribution in [3.8, 4) is 22.6 Å². The highest BCUT2D eigenvalue weighted by atomic mass is 35.5. The molecule has 0 bridgehead atoms. The summed E-state index contributed by atoms with van der Waals surface area (Å²) in [4.78, 5) is 28.6. The number of nitrogens with one attached hydrogen (secondary N) is 1. The lowest BCUT2D eigenvalue weighted by molar-refractivity contribution is 0.0366. The number of imide groups is 1. The number of fused-ring (bicyclic) bond motifs is 5.